The molecule has 1 aliphatic heterocycles. The molecule has 0 atom stereocenters. The molecule has 0 saturated carbocycles. The predicted molar refractivity (Wildman–Crippen MR) is 110 cm³/mol. The average molecular weight is 394 g/mol. The topological polar surface area (TPSA) is 77.4 Å². The Hall–Kier alpha value is -3.61. The first-order valence-corrected chi connectivity index (χ1v) is 9.10. The van der Waals surface area contributed by atoms with E-state index in [0.29, 0.717) is 28.5 Å². The van der Waals surface area contributed by atoms with Gasteiger partial charge >= 0.3 is 5.97 Å². The van der Waals surface area contributed by atoms with Gasteiger partial charge in [-0.2, -0.15) is 10.1 Å². The fraction of sp³-hybridized carbons (Fsp3) is 0.227. The average Bonchev–Trinajstić information content (AvgIpc) is 3.00. The summed E-state index contributed by atoms with van der Waals surface area (Å²) in [5.74, 6) is 0.498. The van der Waals surface area contributed by atoms with Crippen molar-refractivity contribution >= 4 is 29.4 Å². The Kier molecular flexibility index (Phi) is 6.29. The maximum Gasteiger partial charge on any atom is 0.302 e. The minimum Gasteiger partial charge on any atom is -0.493 e. The Balaban J connectivity index is 1.77. The lowest BCUT2D eigenvalue weighted by atomic mass is 10.1. The zero-order chi connectivity index (χ0) is 20.8. The van der Waals surface area contributed by atoms with Crippen molar-refractivity contribution in [1.82, 2.24) is 0 Å². The van der Waals surface area contributed by atoms with E-state index in [1.807, 2.05) is 36.4 Å². The van der Waals surface area contributed by atoms with Crippen molar-refractivity contribution in [2.75, 3.05) is 25.3 Å². The lowest BCUT2D eigenvalue weighted by Gasteiger charge is -2.12. The summed E-state index contributed by atoms with van der Waals surface area (Å²) in [5.41, 5.74) is 2.65. The van der Waals surface area contributed by atoms with Crippen molar-refractivity contribution in [3.63, 3.8) is 0 Å². The molecule has 1 heterocycles. The van der Waals surface area contributed by atoms with Crippen molar-refractivity contribution < 1.29 is 23.8 Å². The van der Waals surface area contributed by atoms with Crippen LogP contribution in [0.25, 0.3) is 6.08 Å². The molecule has 3 rings (SSSR count). The number of amides is 1. The Bertz CT molecular complexity index is 966. The highest BCUT2D eigenvalue weighted by Crippen LogP contribution is 2.30. The van der Waals surface area contributed by atoms with E-state index < -0.39 is 0 Å². The second-order valence-electron chi connectivity index (χ2n) is 6.29. The number of esters is 1. The predicted octanol–water partition coefficient (Wildman–Crippen LogP) is 3.44. The maximum atomic E-state index is 12.8. The molecule has 0 N–H and O–H groups in total. The third-order valence-corrected chi connectivity index (χ3v) is 4.21. The van der Waals surface area contributed by atoms with E-state index in [9.17, 15) is 9.59 Å². The number of hydrogen-bond donors (Lipinski definition) is 0. The van der Waals surface area contributed by atoms with E-state index in [1.165, 1.54) is 19.0 Å². The SMILES string of the molecule is COc1cc(/C=C2\C(=O)N(c3ccccc3)N=C2C)ccc1OCCOC(C)=O. The zero-order valence-corrected chi connectivity index (χ0v) is 16.5. The van der Waals surface area contributed by atoms with E-state index in [0.717, 1.165) is 5.56 Å². The number of carbonyl (C=O) groups excluding carboxylic acids is 2. The summed E-state index contributed by atoms with van der Waals surface area (Å²) < 4.78 is 15.8. The van der Waals surface area contributed by atoms with Gasteiger partial charge in [0.2, 0.25) is 0 Å². The summed E-state index contributed by atoms with van der Waals surface area (Å²) >= 11 is 0. The Morgan fingerprint density at radius 1 is 1.10 bits per heavy atom. The van der Waals surface area contributed by atoms with Crippen LogP contribution in [0.3, 0.4) is 0 Å². The van der Waals surface area contributed by atoms with Crippen molar-refractivity contribution in [3.8, 4) is 11.5 Å². The van der Waals surface area contributed by atoms with Crippen molar-refractivity contribution in [2.24, 2.45) is 5.10 Å². The summed E-state index contributed by atoms with van der Waals surface area (Å²) in [7, 11) is 1.54. The first-order chi connectivity index (χ1) is 14.0. The van der Waals surface area contributed by atoms with Gasteiger partial charge in [-0.3, -0.25) is 9.59 Å². The van der Waals surface area contributed by atoms with Gasteiger partial charge in [0.1, 0.15) is 13.2 Å². The van der Waals surface area contributed by atoms with Crippen LogP contribution in [0.15, 0.2) is 59.2 Å². The van der Waals surface area contributed by atoms with Gasteiger partial charge in [-0.1, -0.05) is 24.3 Å². The molecule has 0 aromatic heterocycles. The van der Waals surface area contributed by atoms with Crippen LogP contribution in [0.5, 0.6) is 11.5 Å². The first-order valence-electron chi connectivity index (χ1n) is 9.10. The lowest BCUT2D eigenvalue weighted by molar-refractivity contribution is -0.141. The Labute approximate surface area is 169 Å². The van der Waals surface area contributed by atoms with Crippen molar-refractivity contribution in [3.05, 3.63) is 59.7 Å². The quantitative estimate of drug-likeness (QED) is 0.408. The third kappa shape index (κ3) is 4.82. The van der Waals surface area contributed by atoms with E-state index in [1.54, 1.807) is 25.1 Å². The molecular formula is C22H22N2O5. The van der Waals surface area contributed by atoms with Crippen LogP contribution >= 0.6 is 0 Å². The molecule has 0 aliphatic carbocycles. The Morgan fingerprint density at radius 3 is 2.55 bits per heavy atom. The number of hydrogen-bond acceptors (Lipinski definition) is 6. The minimum atomic E-state index is -0.356. The highest BCUT2D eigenvalue weighted by Gasteiger charge is 2.28. The standard InChI is InChI=1S/C22H22N2O5/c1-15-19(22(26)24(23-15)18-7-5-4-6-8-18)13-17-9-10-20(21(14-17)27-3)29-12-11-28-16(2)25/h4-10,13-14H,11-12H2,1-3H3/b19-13-. The van der Waals surface area contributed by atoms with Gasteiger partial charge in [0.25, 0.3) is 5.91 Å². The van der Waals surface area contributed by atoms with Crippen molar-refractivity contribution in [2.45, 2.75) is 13.8 Å². The van der Waals surface area contributed by atoms with E-state index in [4.69, 9.17) is 14.2 Å². The molecule has 0 unspecified atom stereocenters. The smallest absolute Gasteiger partial charge is 0.302 e. The van der Waals surface area contributed by atoms with Gasteiger partial charge in [0.15, 0.2) is 11.5 Å². The molecule has 0 saturated heterocycles. The third-order valence-electron chi connectivity index (χ3n) is 4.21. The molecular weight excluding hydrogens is 372 g/mol. The number of ether oxygens (including phenoxy) is 3. The van der Waals surface area contributed by atoms with Gasteiger partial charge in [-0.15, -0.1) is 0 Å². The van der Waals surface area contributed by atoms with Gasteiger partial charge in [-0.25, -0.2) is 0 Å². The highest BCUT2D eigenvalue weighted by atomic mass is 16.6. The minimum absolute atomic E-state index is 0.157. The number of rotatable bonds is 7. The van der Waals surface area contributed by atoms with Crippen LogP contribution < -0.4 is 14.5 Å². The second-order valence-corrected chi connectivity index (χ2v) is 6.29. The van der Waals surface area contributed by atoms with E-state index in [2.05, 4.69) is 5.10 Å². The number of benzene rings is 2. The molecule has 0 bridgehead atoms. The number of nitrogens with zero attached hydrogens (tertiary/aromatic N) is 2. The molecule has 7 nitrogen and oxygen atoms in total. The van der Waals surface area contributed by atoms with E-state index >= 15 is 0 Å². The molecule has 0 fully saturated rings. The number of carbonyl (C=O) groups is 2. The molecule has 2 aromatic carbocycles. The van der Waals surface area contributed by atoms with Crippen LogP contribution in [-0.4, -0.2) is 37.9 Å². The summed E-state index contributed by atoms with van der Waals surface area (Å²) in [4.78, 5) is 23.6. The normalized spacial score (nSPS) is 14.7. The van der Waals surface area contributed by atoms with Crippen molar-refractivity contribution in [1.29, 1.82) is 0 Å². The van der Waals surface area contributed by atoms with Crippen LogP contribution in [0.1, 0.15) is 19.4 Å². The summed E-state index contributed by atoms with van der Waals surface area (Å²) in [6.45, 7) is 3.52. The summed E-state index contributed by atoms with van der Waals surface area (Å²) in [6.07, 6.45) is 1.77. The van der Waals surface area contributed by atoms with Crippen LogP contribution in [0.2, 0.25) is 0 Å². The van der Waals surface area contributed by atoms with Gasteiger partial charge in [0, 0.05) is 6.92 Å². The number of para-hydroxylation sites is 1. The first kappa shape index (κ1) is 20.1. The molecule has 7 heteroatoms. The number of anilines is 1. The molecule has 1 amide bonds. The second kappa shape index (κ2) is 9.05. The maximum absolute atomic E-state index is 12.8. The van der Waals surface area contributed by atoms with E-state index in [-0.39, 0.29) is 25.1 Å². The molecule has 1 aliphatic rings. The lowest BCUT2D eigenvalue weighted by Crippen LogP contribution is -2.21. The molecule has 0 spiro atoms. The van der Waals surface area contributed by atoms with Gasteiger partial charge in [-0.05, 0) is 42.8 Å². The molecule has 150 valence electrons. The Morgan fingerprint density at radius 2 is 1.86 bits per heavy atom. The monoisotopic (exact) mass is 394 g/mol. The summed E-state index contributed by atoms with van der Waals surface area (Å²) in [6, 6.07) is 14.6. The zero-order valence-electron chi connectivity index (χ0n) is 16.5. The largest absolute Gasteiger partial charge is 0.493 e. The number of methoxy groups -OCH3 is 1. The van der Waals surface area contributed by atoms with Crippen LogP contribution in [0, 0.1) is 0 Å². The molecule has 29 heavy (non-hydrogen) atoms. The van der Waals surface area contributed by atoms with Gasteiger partial charge < -0.3 is 14.2 Å². The highest BCUT2D eigenvalue weighted by molar-refractivity contribution is 6.32. The summed E-state index contributed by atoms with van der Waals surface area (Å²) in [5, 5.41) is 5.77. The van der Waals surface area contributed by atoms with Gasteiger partial charge in [0.05, 0.1) is 24.1 Å². The molecule has 0 radical (unpaired) electrons. The van der Waals surface area contributed by atoms with Crippen LogP contribution in [0.4, 0.5) is 5.69 Å². The number of hydrazone groups is 1. The fourth-order valence-corrected chi connectivity index (χ4v) is 2.83. The fourth-order valence-electron chi connectivity index (χ4n) is 2.83. The van der Waals surface area contributed by atoms with Crippen LogP contribution in [-0.2, 0) is 14.3 Å². The molecule has 2 aromatic rings.